The minimum absolute atomic E-state index is 0. The molecule has 0 aliphatic rings. The molecule has 0 aliphatic carbocycles. The SMILES string of the molecule is CCNC(=NCc1ccc(Cl)nc1)NCCCc1ccc(OC)c(OCC)c1.I. The van der Waals surface area contributed by atoms with E-state index in [-0.39, 0.29) is 24.0 Å². The van der Waals surface area contributed by atoms with Gasteiger partial charge in [0, 0.05) is 19.3 Å². The molecule has 2 N–H and O–H groups in total. The van der Waals surface area contributed by atoms with Crippen LogP contribution in [0.4, 0.5) is 0 Å². The second kappa shape index (κ2) is 14.3. The molecule has 0 spiro atoms. The molecule has 1 aromatic heterocycles. The minimum atomic E-state index is 0. The first-order valence-electron chi connectivity index (χ1n) is 9.58. The van der Waals surface area contributed by atoms with Crippen molar-refractivity contribution in [2.24, 2.45) is 4.99 Å². The van der Waals surface area contributed by atoms with Crippen LogP contribution in [0.3, 0.4) is 0 Å². The second-order valence-corrected chi connectivity index (χ2v) is 6.52. The van der Waals surface area contributed by atoms with Crippen LogP contribution in [0, 0.1) is 0 Å². The Hall–Kier alpha value is -1.74. The Morgan fingerprint density at radius 2 is 1.90 bits per heavy atom. The van der Waals surface area contributed by atoms with Gasteiger partial charge in [0.05, 0.1) is 20.3 Å². The lowest BCUT2D eigenvalue weighted by atomic mass is 10.1. The zero-order chi connectivity index (χ0) is 20.2. The highest BCUT2D eigenvalue weighted by Crippen LogP contribution is 2.28. The summed E-state index contributed by atoms with van der Waals surface area (Å²) in [6.07, 6.45) is 3.66. The number of pyridine rings is 1. The van der Waals surface area contributed by atoms with Gasteiger partial charge in [0.25, 0.3) is 0 Å². The van der Waals surface area contributed by atoms with Gasteiger partial charge in [-0.1, -0.05) is 23.7 Å². The Kier molecular flexibility index (Phi) is 12.5. The highest BCUT2D eigenvalue weighted by Gasteiger charge is 2.05. The zero-order valence-electron chi connectivity index (χ0n) is 17.2. The number of ether oxygens (including phenoxy) is 2. The predicted octanol–water partition coefficient (Wildman–Crippen LogP) is 4.45. The molecule has 0 fully saturated rings. The fourth-order valence-corrected chi connectivity index (χ4v) is 2.77. The number of nitrogens with zero attached hydrogens (tertiary/aromatic N) is 2. The molecule has 0 unspecified atom stereocenters. The van der Waals surface area contributed by atoms with E-state index in [9.17, 15) is 0 Å². The molecule has 0 bridgehead atoms. The lowest BCUT2D eigenvalue weighted by Gasteiger charge is -2.13. The summed E-state index contributed by atoms with van der Waals surface area (Å²) in [7, 11) is 1.66. The normalized spacial score (nSPS) is 10.8. The number of hydrogen-bond donors (Lipinski definition) is 2. The summed E-state index contributed by atoms with van der Waals surface area (Å²) >= 11 is 5.82. The van der Waals surface area contributed by atoms with Crippen LogP contribution in [0.25, 0.3) is 0 Å². The summed E-state index contributed by atoms with van der Waals surface area (Å²) in [6.45, 7) is 6.82. The van der Waals surface area contributed by atoms with Crippen LogP contribution in [0.5, 0.6) is 11.5 Å². The van der Waals surface area contributed by atoms with Gasteiger partial charge >= 0.3 is 0 Å². The molecule has 0 atom stereocenters. The summed E-state index contributed by atoms with van der Waals surface area (Å²) in [5.41, 5.74) is 2.24. The van der Waals surface area contributed by atoms with E-state index < -0.39 is 0 Å². The zero-order valence-corrected chi connectivity index (χ0v) is 20.3. The van der Waals surface area contributed by atoms with Crippen molar-refractivity contribution < 1.29 is 9.47 Å². The van der Waals surface area contributed by atoms with Crippen molar-refractivity contribution in [2.75, 3.05) is 26.8 Å². The van der Waals surface area contributed by atoms with Gasteiger partial charge in [0.15, 0.2) is 17.5 Å². The molecule has 1 heterocycles. The average Bonchev–Trinajstić information content (AvgIpc) is 2.71. The number of aryl methyl sites for hydroxylation is 1. The number of benzene rings is 1. The summed E-state index contributed by atoms with van der Waals surface area (Å²) < 4.78 is 11.0. The van der Waals surface area contributed by atoms with E-state index in [4.69, 9.17) is 21.1 Å². The van der Waals surface area contributed by atoms with Gasteiger partial charge in [-0.3, -0.25) is 0 Å². The number of methoxy groups -OCH3 is 1. The molecule has 0 aliphatic heterocycles. The van der Waals surface area contributed by atoms with E-state index in [0.717, 1.165) is 49.0 Å². The molecular formula is C21H30ClIN4O2. The van der Waals surface area contributed by atoms with E-state index in [0.29, 0.717) is 18.3 Å². The van der Waals surface area contributed by atoms with Crippen LogP contribution in [-0.4, -0.2) is 37.7 Å². The number of aromatic nitrogens is 1. The summed E-state index contributed by atoms with van der Waals surface area (Å²) in [6, 6.07) is 9.79. The monoisotopic (exact) mass is 532 g/mol. The van der Waals surface area contributed by atoms with E-state index in [1.165, 1.54) is 5.56 Å². The minimum Gasteiger partial charge on any atom is -0.493 e. The second-order valence-electron chi connectivity index (χ2n) is 6.13. The smallest absolute Gasteiger partial charge is 0.191 e. The average molecular weight is 533 g/mol. The van der Waals surface area contributed by atoms with Gasteiger partial charge in [-0.15, -0.1) is 24.0 Å². The Labute approximate surface area is 195 Å². The van der Waals surface area contributed by atoms with Crippen LogP contribution < -0.4 is 20.1 Å². The van der Waals surface area contributed by atoms with E-state index in [2.05, 4.69) is 32.7 Å². The quantitative estimate of drug-likeness (QED) is 0.156. The van der Waals surface area contributed by atoms with Gasteiger partial charge in [-0.2, -0.15) is 0 Å². The van der Waals surface area contributed by atoms with Crippen LogP contribution in [-0.2, 0) is 13.0 Å². The van der Waals surface area contributed by atoms with Gasteiger partial charge in [0.2, 0.25) is 0 Å². The summed E-state index contributed by atoms with van der Waals surface area (Å²) in [5, 5.41) is 7.12. The highest BCUT2D eigenvalue weighted by molar-refractivity contribution is 14.0. The van der Waals surface area contributed by atoms with Crippen molar-refractivity contribution >= 4 is 41.5 Å². The molecule has 6 nitrogen and oxygen atoms in total. The Balaban J connectivity index is 0.00000420. The molecule has 29 heavy (non-hydrogen) atoms. The van der Waals surface area contributed by atoms with Crippen molar-refractivity contribution in [1.82, 2.24) is 15.6 Å². The highest BCUT2D eigenvalue weighted by atomic mass is 127. The maximum atomic E-state index is 5.82. The van der Waals surface area contributed by atoms with Crippen LogP contribution in [0.15, 0.2) is 41.5 Å². The number of rotatable bonds is 10. The standard InChI is InChI=1S/C21H29ClN4O2.HI/c1-4-23-21(26-15-17-9-11-20(22)25-14-17)24-12-6-7-16-8-10-18(27-3)19(13-16)28-5-2;/h8-11,13-14H,4-7,12,15H2,1-3H3,(H2,23,24,26);1H. The van der Waals surface area contributed by atoms with Crippen molar-refractivity contribution in [3.63, 3.8) is 0 Å². The first kappa shape index (κ1) is 25.3. The van der Waals surface area contributed by atoms with Gasteiger partial charge in [0.1, 0.15) is 5.15 Å². The molecule has 2 aromatic rings. The van der Waals surface area contributed by atoms with Crippen molar-refractivity contribution in [2.45, 2.75) is 33.2 Å². The van der Waals surface area contributed by atoms with Crippen LogP contribution in [0.2, 0.25) is 5.15 Å². The molecule has 0 saturated carbocycles. The number of guanidine groups is 1. The van der Waals surface area contributed by atoms with E-state index >= 15 is 0 Å². The third-order valence-electron chi connectivity index (χ3n) is 4.02. The van der Waals surface area contributed by atoms with Gasteiger partial charge in [-0.25, -0.2) is 9.98 Å². The van der Waals surface area contributed by atoms with Crippen molar-refractivity contribution in [3.8, 4) is 11.5 Å². The van der Waals surface area contributed by atoms with Gasteiger partial charge in [-0.05, 0) is 56.0 Å². The summed E-state index contributed by atoms with van der Waals surface area (Å²) in [5.74, 6) is 2.35. The lowest BCUT2D eigenvalue weighted by molar-refractivity contribution is 0.310. The lowest BCUT2D eigenvalue weighted by Crippen LogP contribution is -2.37. The largest absolute Gasteiger partial charge is 0.493 e. The first-order chi connectivity index (χ1) is 13.7. The van der Waals surface area contributed by atoms with Crippen LogP contribution in [0.1, 0.15) is 31.4 Å². The maximum absolute atomic E-state index is 5.82. The van der Waals surface area contributed by atoms with Gasteiger partial charge < -0.3 is 20.1 Å². The number of halogens is 2. The van der Waals surface area contributed by atoms with Crippen molar-refractivity contribution in [1.29, 1.82) is 0 Å². The Morgan fingerprint density at radius 3 is 2.55 bits per heavy atom. The van der Waals surface area contributed by atoms with Crippen LogP contribution >= 0.6 is 35.6 Å². The predicted molar refractivity (Wildman–Crippen MR) is 130 cm³/mol. The fourth-order valence-electron chi connectivity index (χ4n) is 2.66. The number of aliphatic imine (C=N–C) groups is 1. The molecule has 160 valence electrons. The molecule has 0 radical (unpaired) electrons. The third kappa shape index (κ3) is 9.08. The molecule has 0 amide bonds. The third-order valence-corrected chi connectivity index (χ3v) is 4.24. The van der Waals surface area contributed by atoms with E-state index in [1.54, 1.807) is 19.4 Å². The number of hydrogen-bond acceptors (Lipinski definition) is 4. The summed E-state index contributed by atoms with van der Waals surface area (Å²) in [4.78, 5) is 8.67. The first-order valence-corrected chi connectivity index (χ1v) is 9.96. The molecule has 0 saturated heterocycles. The topological polar surface area (TPSA) is 67.8 Å². The molecule has 1 aromatic carbocycles. The van der Waals surface area contributed by atoms with Crippen molar-refractivity contribution in [3.05, 3.63) is 52.8 Å². The fraction of sp³-hybridized carbons (Fsp3) is 0.429. The maximum Gasteiger partial charge on any atom is 0.191 e. The Bertz CT molecular complexity index is 757. The molecule has 8 heteroatoms. The van der Waals surface area contributed by atoms with E-state index in [1.807, 2.05) is 26.0 Å². The molecule has 2 rings (SSSR count). The Morgan fingerprint density at radius 1 is 1.10 bits per heavy atom. The molecular weight excluding hydrogens is 503 g/mol. The number of nitrogens with one attached hydrogen (secondary N) is 2.